The summed E-state index contributed by atoms with van der Waals surface area (Å²) < 4.78 is 0. The Morgan fingerprint density at radius 2 is 1.90 bits per heavy atom. The highest BCUT2D eigenvalue weighted by Gasteiger charge is 2.01. The molecule has 0 atom stereocenters. The van der Waals surface area contributed by atoms with Gasteiger partial charge < -0.3 is 16.0 Å². The maximum Gasteiger partial charge on any atom is 0.0765 e. The molecule has 1 rings (SSSR count). The number of hydrogen-bond acceptors (Lipinski definition) is 3. The highest BCUT2D eigenvalue weighted by Crippen LogP contribution is 1.82. The summed E-state index contributed by atoms with van der Waals surface area (Å²) in [5.41, 5.74) is 4.39. The van der Waals surface area contributed by atoms with Gasteiger partial charge in [-0.15, -0.1) is 0 Å². The van der Waals surface area contributed by atoms with E-state index in [4.69, 9.17) is 5.41 Å². The molecule has 0 amide bonds. The van der Waals surface area contributed by atoms with Crippen LogP contribution in [0.1, 0.15) is 0 Å². The number of nitrogens with two attached hydrogens (primary N) is 1. The minimum Gasteiger partial charge on any atom is -0.390 e. The van der Waals surface area contributed by atoms with Crippen molar-refractivity contribution < 1.29 is 0 Å². The lowest BCUT2D eigenvalue weighted by Crippen LogP contribution is -2.40. The molecule has 1 saturated heterocycles. The molecular weight excluding hydrogens is 128 g/mol. The zero-order valence-corrected chi connectivity index (χ0v) is 6.43. The third-order valence-corrected chi connectivity index (χ3v) is 1.34. The SMILES string of the molecule is CN1CCNCC1.N=CN. The topological polar surface area (TPSA) is 65.1 Å². The maximum absolute atomic E-state index is 5.86. The van der Waals surface area contributed by atoms with Crippen LogP contribution in [0.3, 0.4) is 0 Å². The van der Waals surface area contributed by atoms with E-state index >= 15 is 0 Å². The maximum atomic E-state index is 5.86. The first-order chi connectivity index (χ1) is 4.81. The number of piperazine rings is 1. The van der Waals surface area contributed by atoms with Crippen LogP contribution in [0.25, 0.3) is 0 Å². The molecule has 0 unspecified atom stereocenters. The average Bonchev–Trinajstić information content (AvgIpc) is 1.91. The van der Waals surface area contributed by atoms with E-state index in [1.807, 2.05) is 0 Å². The first-order valence-electron chi connectivity index (χ1n) is 3.41. The van der Waals surface area contributed by atoms with Crippen molar-refractivity contribution in [3.63, 3.8) is 0 Å². The molecule has 0 aromatic heterocycles. The molecular formula is C6H16N4. The summed E-state index contributed by atoms with van der Waals surface area (Å²) in [6.07, 6.45) is 0.750. The Bertz CT molecular complexity index is 77.8. The zero-order chi connectivity index (χ0) is 7.82. The monoisotopic (exact) mass is 144 g/mol. The van der Waals surface area contributed by atoms with Crippen LogP contribution >= 0.6 is 0 Å². The van der Waals surface area contributed by atoms with Gasteiger partial charge in [-0.1, -0.05) is 0 Å². The molecule has 4 N–H and O–H groups in total. The first-order valence-corrected chi connectivity index (χ1v) is 3.41. The van der Waals surface area contributed by atoms with Gasteiger partial charge in [0.2, 0.25) is 0 Å². The summed E-state index contributed by atoms with van der Waals surface area (Å²) in [4.78, 5) is 2.33. The fourth-order valence-corrected chi connectivity index (χ4v) is 0.777. The molecule has 0 aliphatic carbocycles. The largest absolute Gasteiger partial charge is 0.390 e. The summed E-state index contributed by atoms with van der Waals surface area (Å²) in [7, 11) is 2.15. The van der Waals surface area contributed by atoms with Gasteiger partial charge in [0.15, 0.2) is 0 Å². The number of hydrogen-bond donors (Lipinski definition) is 3. The second kappa shape index (κ2) is 6.51. The lowest BCUT2D eigenvalue weighted by atomic mass is 10.4. The van der Waals surface area contributed by atoms with E-state index in [1.165, 1.54) is 13.1 Å². The second-order valence-electron chi connectivity index (χ2n) is 2.22. The fourth-order valence-electron chi connectivity index (χ4n) is 0.777. The molecule has 1 fully saturated rings. The van der Waals surface area contributed by atoms with Gasteiger partial charge in [0, 0.05) is 26.2 Å². The lowest BCUT2D eigenvalue weighted by molar-refractivity contribution is 0.291. The third kappa shape index (κ3) is 5.53. The molecule has 1 aliphatic heterocycles. The molecule has 60 valence electrons. The highest BCUT2D eigenvalue weighted by molar-refractivity contribution is 5.46. The Morgan fingerprint density at radius 1 is 1.50 bits per heavy atom. The van der Waals surface area contributed by atoms with Crippen molar-refractivity contribution in [2.24, 2.45) is 5.73 Å². The Morgan fingerprint density at radius 3 is 2.10 bits per heavy atom. The van der Waals surface area contributed by atoms with Crippen LogP contribution in [0.15, 0.2) is 0 Å². The van der Waals surface area contributed by atoms with Crippen molar-refractivity contribution in [1.29, 1.82) is 5.41 Å². The highest BCUT2D eigenvalue weighted by atomic mass is 15.2. The second-order valence-corrected chi connectivity index (χ2v) is 2.22. The summed E-state index contributed by atoms with van der Waals surface area (Å²) in [5.74, 6) is 0. The van der Waals surface area contributed by atoms with Crippen LogP contribution in [0.4, 0.5) is 0 Å². The summed E-state index contributed by atoms with van der Waals surface area (Å²) in [6.45, 7) is 4.74. The minimum atomic E-state index is 0.750. The summed E-state index contributed by atoms with van der Waals surface area (Å²) in [5, 5.41) is 9.13. The van der Waals surface area contributed by atoms with Crippen LogP contribution in [-0.2, 0) is 0 Å². The van der Waals surface area contributed by atoms with Gasteiger partial charge in [0.1, 0.15) is 0 Å². The van der Waals surface area contributed by atoms with Crippen LogP contribution in [0, 0.1) is 5.41 Å². The first kappa shape index (κ1) is 9.39. The minimum absolute atomic E-state index is 0.750. The number of likely N-dealkylation sites (N-methyl/N-ethyl adjacent to an activating group) is 1. The molecule has 4 heteroatoms. The summed E-state index contributed by atoms with van der Waals surface area (Å²) >= 11 is 0. The van der Waals surface area contributed by atoms with Crippen molar-refractivity contribution in [2.75, 3.05) is 33.2 Å². The van der Waals surface area contributed by atoms with Gasteiger partial charge >= 0.3 is 0 Å². The van der Waals surface area contributed by atoms with E-state index in [0.717, 1.165) is 19.4 Å². The number of rotatable bonds is 0. The molecule has 10 heavy (non-hydrogen) atoms. The van der Waals surface area contributed by atoms with E-state index in [-0.39, 0.29) is 0 Å². The van der Waals surface area contributed by atoms with Gasteiger partial charge in [0.25, 0.3) is 0 Å². The average molecular weight is 144 g/mol. The van der Waals surface area contributed by atoms with E-state index in [1.54, 1.807) is 0 Å². The van der Waals surface area contributed by atoms with Gasteiger partial charge in [-0.05, 0) is 7.05 Å². The number of nitrogens with zero attached hydrogens (tertiary/aromatic N) is 1. The Balaban J connectivity index is 0.000000236. The Hall–Kier alpha value is -0.610. The number of nitrogens with one attached hydrogen (secondary N) is 2. The van der Waals surface area contributed by atoms with Crippen LogP contribution in [-0.4, -0.2) is 44.5 Å². The van der Waals surface area contributed by atoms with Crippen molar-refractivity contribution in [2.45, 2.75) is 0 Å². The molecule has 4 nitrogen and oxygen atoms in total. The third-order valence-electron chi connectivity index (χ3n) is 1.34. The van der Waals surface area contributed by atoms with Gasteiger partial charge in [-0.3, -0.25) is 5.41 Å². The van der Waals surface area contributed by atoms with Gasteiger partial charge in [-0.2, -0.15) is 0 Å². The van der Waals surface area contributed by atoms with Crippen molar-refractivity contribution in [1.82, 2.24) is 10.2 Å². The quantitative estimate of drug-likeness (QED) is 0.304. The van der Waals surface area contributed by atoms with Crippen molar-refractivity contribution >= 4 is 6.34 Å². The predicted molar refractivity (Wildman–Crippen MR) is 43.3 cm³/mol. The normalized spacial score (nSPS) is 18.9. The Kier molecular flexibility index (Phi) is 6.11. The molecule has 0 bridgehead atoms. The van der Waals surface area contributed by atoms with E-state index < -0.39 is 0 Å². The van der Waals surface area contributed by atoms with Crippen LogP contribution < -0.4 is 11.1 Å². The zero-order valence-electron chi connectivity index (χ0n) is 6.43. The summed E-state index contributed by atoms with van der Waals surface area (Å²) in [6, 6.07) is 0. The van der Waals surface area contributed by atoms with Crippen LogP contribution in [0.2, 0.25) is 0 Å². The standard InChI is InChI=1S/C5H12N2.CH4N2/c1-7-4-2-6-3-5-7;2-1-3/h6H,2-5H2,1H3;1H,(H3,2,3). The molecule has 0 saturated carbocycles. The van der Waals surface area contributed by atoms with Gasteiger partial charge in [-0.25, -0.2) is 0 Å². The smallest absolute Gasteiger partial charge is 0.0765 e. The fraction of sp³-hybridized carbons (Fsp3) is 0.833. The molecule has 0 aromatic carbocycles. The lowest BCUT2D eigenvalue weighted by Gasteiger charge is -2.21. The van der Waals surface area contributed by atoms with E-state index in [0.29, 0.717) is 0 Å². The Labute approximate surface area is 61.9 Å². The molecule has 0 spiro atoms. The van der Waals surface area contributed by atoms with Gasteiger partial charge in [0.05, 0.1) is 6.34 Å². The molecule has 0 radical (unpaired) electrons. The van der Waals surface area contributed by atoms with Crippen molar-refractivity contribution in [3.8, 4) is 0 Å². The van der Waals surface area contributed by atoms with Crippen LogP contribution in [0.5, 0.6) is 0 Å². The molecule has 1 aliphatic rings. The van der Waals surface area contributed by atoms with Crippen molar-refractivity contribution in [3.05, 3.63) is 0 Å². The van der Waals surface area contributed by atoms with E-state index in [2.05, 4.69) is 23.0 Å². The molecule has 1 heterocycles. The predicted octanol–water partition coefficient (Wildman–Crippen LogP) is -0.926. The molecule has 0 aromatic rings. The van der Waals surface area contributed by atoms with E-state index in [9.17, 15) is 0 Å².